The minimum Gasteiger partial charge on any atom is -0.444 e. The molecule has 0 unspecified atom stereocenters. The van der Waals surface area contributed by atoms with E-state index in [2.05, 4.69) is 20.8 Å². The van der Waals surface area contributed by atoms with Crippen molar-refractivity contribution in [2.45, 2.75) is 50.6 Å². The van der Waals surface area contributed by atoms with Gasteiger partial charge in [0.05, 0.1) is 0 Å². The molecule has 0 radical (unpaired) electrons. The number of anilines is 1. The topological polar surface area (TPSA) is 131 Å². The summed E-state index contributed by atoms with van der Waals surface area (Å²) in [4.78, 5) is 22.7. The standard InChI is InChI=1S/C13H23N5O5S2/c1-8(14-11(20)23-13(3,4)5)7-18(6)25(21,22)12-17-16-10(24-12)15-9(2)19/h8H,7H2,1-6H3,(H,14,20)(H,15,16,19)/t8-/m1/s1. The Morgan fingerprint density at radius 2 is 1.92 bits per heavy atom. The van der Waals surface area contributed by atoms with Gasteiger partial charge in [0.2, 0.25) is 15.4 Å². The molecular formula is C13H23N5O5S2. The van der Waals surface area contributed by atoms with Crippen molar-refractivity contribution in [2.24, 2.45) is 0 Å². The van der Waals surface area contributed by atoms with Crippen molar-refractivity contribution in [3.63, 3.8) is 0 Å². The number of carbonyl (C=O) groups is 2. The lowest BCUT2D eigenvalue weighted by atomic mass is 10.2. The first kappa shape index (κ1) is 21.3. The number of nitrogens with zero attached hydrogens (tertiary/aromatic N) is 3. The second-order valence-corrected chi connectivity index (χ2v) is 9.58. The third-order valence-electron chi connectivity index (χ3n) is 2.61. The molecule has 1 atom stereocenters. The number of alkyl carbamates (subject to hydrolysis) is 1. The predicted molar refractivity (Wildman–Crippen MR) is 92.9 cm³/mol. The van der Waals surface area contributed by atoms with Crippen molar-refractivity contribution in [1.82, 2.24) is 19.8 Å². The molecule has 2 amide bonds. The molecule has 0 aliphatic heterocycles. The van der Waals surface area contributed by atoms with E-state index in [1.165, 1.54) is 14.0 Å². The summed E-state index contributed by atoms with van der Waals surface area (Å²) in [5, 5.41) is 12.2. The van der Waals surface area contributed by atoms with Gasteiger partial charge in [0, 0.05) is 26.6 Å². The summed E-state index contributed by atoms with van der Waals surface area (Å²) < 4.78 is 30.8. The highest BCUT2D eigenvalue weighted by molar-refractivity contribution is 7.91. The van der Waals surface area contributed by atoms with Gasteiger partial charge in [-0.05, 0) is 27.7 Å². The smallest absolute Gasteiger partial charge is 0.407 e. The Morgan fingerprint density at radius 3 is 2.44 bits per heavy atom. The van der Waals surface area contributed by atoms with Crippen LogP contribution >= 0.6 is 11.3 Å². The Bertz CT molecular complexity index is 725. The molecule has 10 nitrogen and oxygen atoms in total. The van der Waals surface area contributed by atoms with Crippen LogP contribution in [0.3, 0.4) is 0 Å². The van der Waals surface area contributed by atoms with E-state index in [1.54, 1.807) is 27.7 Å². The zero-order chi connectivity index (χ0) is 19.4. The second kappa shape index (κ2) is 8.06. The van der Waals surface area contributed by atoms with E-state index in [9.17, 15) is 18.0 Å². The van der Waals surface area contributed by atoms with E-state index in [0.717, 1.165) is 15.6 Å². The van der Waals surface area contributed by atoms with Crippen molar-refractivity contribution in [1.29, 1.82) is 0 Å². The molecule has 142 valence electrons. The van der Waals surface area contributed by atoms with Gasteiger partial charge in [0.15, 0.2) is 0 Å². The van der Waals surface area contributed by atoms with Gasteiger partial charge >= 0.3 is 6.09 Å². The largest absolute Gasteiger partial charge is 0.444 e. The molecule has 0 spiro atoms. The van der Waals surface area contributed by atoms with Crippen molar-refractivity contribution < 1.29 is 22.7 Å². The summed E-state index contributed by atoms with van der Waals surface area (Å²) in [6.07, 6.45) is -0.630. The molecule has 1 aromatic heterocycles. The number of nitrogens with one attached hydrogen (secondary N) is 2. The van der Waals surface area contributed by atoms with E-state index >= 15 is 0 Å². The third kappa shape index (κ3) is 6.92. The van der Waals surface area contributed by atoms with Crippen LogP contribution in [0, 0.1) is 0 Å². The Hall–Kier alpha value is -1.79. The number of hydrogen-bond donors (Lipinski definition) is 2. The maximum Gasteiger partial charge on any atom is 0.407 e. The first-order chi connectivity index (χ1) is 11.3. The second-order valence-electron chi connectivity index (χ2n) is 6.39. The van der Waals surface area contributed by atoms with Gasteiger partial charge < -0.3 is 15.4 Å². The van der Waals surface area contributed by atoms with Crippen LogP contribution in [0.15, 0.2) is 4.34 Å². The Labute approximate surface area is 151 Å². The average molecular weight is 393 g/mol. The monoisotopic (exact) mass is 393 g/mol. The predicted octanol–water partition coefficient (Wildman–Crippen LogP) is 1.03. The number of aromatic nitrogens is 2. The zero-order valence-electron chi connectivity index (χ0n) is 15.0. The van der Waals surface area contributed by atoms with Gasteiger partial charge in [-0.3, -0.25) is 4.79 Å². The average Bonchev–Trinajstić information content (AvgIpc) is 2.83. The molecule has 0 saturated carbocycles. The lowest BCUT2D eigenvalue weighted by molar-refractivity contribution is -0.114. The Balaban J connectivity index is 2.71. The molecule has 2 N–H and O–H groups in total. The third-order valence-corrected chi connectivity index (χ3v) is 5.62. The first-order valence-electron chi connectivity index (χ1n) is 7.38. The van der Waals surface area contributed by atoms with Crippen LogP contribution < -0.4 is 10.6 Å². The number of amides is 2. The number of sulfonamides is 1. The summed E-state index contributed by atoms with van der Waals surface area (Å²) in [6.45, 7) is 8.14. The van der Waals surface area contributed by atoms with Crippen molar-refractivity contribution in [2.75, 3.05) is 18.9 Å². The molecule has 25 heavy (non-hydrogen) atoms. The van der Waals surface area contributed by atoms with Gasteiger partial charge in [0.1, 0.15) is 5.60 Å². The summed E-state index contributed by atoms with van der Waals surface area (Å²) in [6, 6.07) is -0.489. The van der Waals surface area contributed by atoms with E-state index in [1.807, 2.05) is 0 Å². The highest BCUT2D eigenvalue weighted by atomic mass is 32.2. The highest BCUT2D eigenvalue weighted by Gasteiger charge is 2.28. The van der Waals surface area contributed by atoms with Gasteiger partial charge in [-0.15, -0.1) is 10.2 Å². The molecule has 0 saturated heterocycles. The van der Waals surface area contributed by atoms with Crippen molar-refractivity contribution in [3.05, 3.63) is 0 Å². The van der Waals surface area contributed by atoms with Crippen LogP contribution in [0.2, 0.25) is 0 Å². The number of hydrogen-bond acceptors (Lipinski definition) is 8. The zero-order valence-corrected chi connectivity index (χ0v) is 16.6. The van der Waals surface area contributed by atoms with E-state index in [0.29, 0.717) is 0 Å². The molecule has 1 rings (SSSR count). The molecule has 0 aliphatic rings. The molecule has 1 aromatic rings. The molecular weight excluding hydrogens is 370 g/mol. The van der Waals surface area contributed by atoms with Gasteiger partial charge in [0.25, 0.3) is 10.0 Å². The molecule has 0 bridgehead atoms. The molecule has 0 fully saturated rings. The van der Waals surface area contributed by atoms with E-state index in [-0.39, 0.29) is 21.9 Å². The summed E-state index contributed by atoms with van der Waals surface area (Å²) in [5.74, 6) is -0.372. The Morgan fingerprint density at radius 1 is 1.32 bits per heavy atom. The summed E-state index contributed by atoms with van der Waals surface area (Å²) in [7, 11) is -2.52. The van der Waals surface area contributed by atoms with E-state index in [4.69, 9.17) is 4.74 Å². The lowest BCUT2D eigenvalue weighted by Crippen LogP contribution is -2.44. The number of ether oxygens (including phenoxy) is 1. The molecule has 1 heterocycles. The molecule has 0 aliphatic carbocycles. The fourth-order valence-corrected chi connectivity index (χ4v) is 4.08. The van der Waals surface area contributed by atoms with Crippen LogP contribution in [0.5, 0.6) is 0 Å². The Kier molecular flexibility index (Phi) is 6.85. The van der Waals surface area contributed by atoms with Crippen LogP contribution in [0.4, 0.5) is 9.93 Å². The lowest BCUT2D eigenvalue weighted by Gasteiger charge is -2.24. The van der Waals surface area contributed by atoms with Crippen LogP contribution in [-0.2, 0) is 19.6 Å². The van der Waals surface area contributed by atoms with Gasteiger partial charge in [-0.25, -0.2) is 13.2 Å². The van der Waals surface area contributed by atoms with Gasteiger partial charge in [-0.1, -0.05) is 11.3 Å². The van der Waals surface area contributed by atoms with Gasteiger partial charge in [-0.2, -0.15) is 4.31 Å². The van der Waals surface area contributed by atoms with Crippen LogP contribution in [0.1, 0.15) is 34.6 Å². The number of rotatable bonds is 6. The minimum absolute atomic E-state index is 0.0105. The summed E-state index contributed by atoms with van der Waals surface area (Å²) in [5.41, 5.74) is -0.644. The minimum atomic E-state index is -3.89. The van der Waals surface area contributed by atoms with Crippen molar-refractivity contribution >= 4 is 38.5 Å². The van der Waals surface area contributed by atoms with E-state index < -0.39 is 27.8 Å². The summed E-state index contributed by atoms with van der Waals surface area (Å²) >= 11 is 0.750. The number of likely N-dealkylation sites (N-methyl/N-ethyl adjacent to an activating group) is 1. The quantitative estimate of drug-likeness (QED) is 0.690. The normalized spacial score (nSPS) is 13.4. The SMILES string of the molecule is CC(=O)Nc1nnc(S(=O)(=O)N(C)C[C@@H](C)NC(=O)OC(C)(C)C)s1. The first-order valence-corrected chi connectivity index (χ1v) is 9.64. The number of carbonyl (C=O) groups excluding carboxylic acids is 2. The molecule has 12 heteroatoms. The maximum absolute atomic E-state index is 12.5. The maximum atomic E-state index is 12.5. The van der Waals surface area contributed by atoms with Crippen LogP contribution in [-0.4, -0.2) is 60.2 Å². The fourth-order valence-electron chi connectivity index (χ4n) is 1.69. The van der Waals surface area contributed by atoms with Crippen molar-refractivity contribution in [3.8, 4) is 0 Å². The fraction of sp³-hybridized carbons (Fsp3) is 0.692. The highest BCUT2D eigenvalue weighted by Crippen LogP contribution is 2.22. The molecule has 0 aromatic carbocycles. The van der Waals surface area contributed by atoms with Crippen LogP contribution in [0.25, 0.3) is 0 Å².